The van der Waals surface area contributed by atoms with E-state index in [4.69, 9.17) is 4.74 Å². The molecule has 2 nitrogen and oxygen atoms in total. The minimum Gasteiger partial charge on any atom is -0.479 e. The van der Waals surface area contributed by atoms with Crippen LogP contribution < -0.4 is 0 Å². The lowest BCUT2D eigenvalue weighted by Crippen LogP contribution is -1.98. The van der Waals surface area contributed by atoms with Crippen LogP contribution in [0.5, 0.6) is 0 Å². The van der Waals surface area contributed by atoms with E-state index in [1.54, 1.807) is 0 Å². The molecular weight excluding hydrogens is 186 g/mol. The molecule has 1 rings (SSSR count). The van der Waals surface area contributed by atoms with Crippen LogP contribution in [0.25, 0.3) is 0 Å². The van der Waals surface area contributed by atoms with Crippen LogP contribution in [0.4, 0.5) is 0 Å². The van der Waals surface area contributed by atoms with Crippen molar-refractivity contribution in [2.45, 2.75) is 51.4 Å². The summed E-state index contributed by atoms with van der Waals surface area (Å²) in [5.41, 5.74) is 0. The Morgan fingerprint density at radius 1 is 1.13 bits per heavy atom. The molecular formula is C13H23NO. The summed E-state index contributed by atoms with van der Waals surface area (Å²) in [6.45, 7) is 5.40. The second kappa shape index (κ2) is 8.51. The van der Waals surface area contributed by atoms with Crippen molar-refractivity contribution in [3.63, 3.8) is 0 Å². The zero-order valence-electron chi connectivity index (χ0n) is 9.71. The SMILES string of the molecule is C=CCCCCCCCCC1=NCCO1. The van der Waals surface area contributed by atoms with Crippen LogP contribution in [-0.4, -0.2) is 19.0 Å². The molecule has 2 heteroatoms. The van der Waals surface area contributed by atoms with Gasteiger partial charge in [-0.15, -0.1) is 6.58 Å². The summed E-state index contributed by atoms with van der Waals surface area (Å²) in [4.78, 5) is 4.28. The Balaban J connectivity index is 1.78. The number of hydrogen-bond donors (Lipinski definition) is 0. The largest absolute Gasteiger partial charge is 0.479 e. The Labute approximate surface area is 93.4 Å². The van der Waals surface area contributed by atoms with Crippen molar-refractivity contribution < 1.29 is 4.74 Å². The lowest BCUT2D eigenvalue weighted by atomic mass is 10.1. The normalized spacial score (nSPS) is 14.8. The molecule has 86 valence electrons. The van der Waals surface area contributed by atoms with Gasteiger partial charge in [0, 0.05) is 6.42 Å². The fourth-order valence-corrected chi connectivity index (χ4v) is 1.80. The molecule has 0 aromatic heterocycles. The minimum absolute atomic E-state index is 0.802. The molecule has 1 aliphatic rings. The number of unbranched alkanes of at least 4 members (excludes halogenated alkanes) is 6. The molecule has 0 bridgehead atoms. The van der Waals surface area contributed by atoms with Crippen molar-refractivity contribution in [3.8, 4) is 0 Å². The average Bonchev–Trinajstić information content (AvgIpc) is 2.75. The molecule has 0 aromatic rings. The third kappa shape index (κ3) is 6.32. The molecule has 0 aliphatic carbocycles. The van der Waals surface area contributed by atoms with E-state index in [1.165, 1.54) is 44.9 Å². The molecule has 0 atom stereocenters. The first-order valence-corrected chi connectivity index (χ1v) is 6.20. The fourth-order valence-electron chi connectivity index (χ4n) is 1.80. The van der Waals surface area contributed by atoms with Gasteiger partial charge in [0.15, 0.2) is 5.90 Å². The Morgan fingerprint density at radius 2 is 1.87 bits per heavy atom. The van der Waals surface area contributed by atoms with E-state index < -0.39 is 0 Å². The van der Waals surface area contributed by atoms with Gasteiger partial charge in [0.2, 0.25) is 0 Å². The van der Waals surface area contributed by atoms with Gasteiger partial charge in [-0.2, -0.15) is 0 Å². The van der Waals surface area contributed by atoms with Crippen molar-refractivity contribution in [1.82, 2.24) is 0 Å². The van der Waals surface area contributed by atoms with E-state index in [-0.39, 0.29) is 0 Å². The highest BCUT2D eigenvalue weighted by atomic mass is 16.5. The molecule has 0 radical (unpaired) electrons. The van der Waals surface area contributed by atoms with Gasteiger partial charge < -0.3 is 4.74 Å². The number of rotatable bonds is 9. The molecule has 0 amide bonds. The standard InChI is InChI=1S/C13H23NO/c1-2-3-4-5-6-7-8-9-10-13-14-11-12-15-13/h2H,1,3-12H2. The van der Waals surface area contributed by atoms with Crippen LogP contribution in [0.1, 0.15) is 51.4 Å². The monoisotopic (exact) mass is 209 g/mol. The van der Waals surface area contributed by atoms with Crippen molar-refractivity contribution in [2.24, 2.45) is 4.99 Å². The lowest BCUT2D eigenvalue weighted by Gasteiger charge is -2.02. The van der Waals surface area contributed by atoms with E-state index in [0.717, 1.165) is 25.5 Å². The molecule has 0 unspecified atom stereocenters. The molecule has 15 heavy (non-hydrogen) atoms. The van der Waals surface area contributed by atoms with E-state index in [1.807, 2.05) is 6.08 Å². The first-order valence-electron chi connectivity index (χ1n) is 6.20. The third-order valence-electron chi connectivity index (χ3n) is 2.70. The molecule has 0 aromatic carbocycles. The zero-order chi connectivity index (χ0) is 10.8. The quantitative estimate of drug-likeness (QED) is 0.419. The van der Waals surface area contributed by atoms with Crippen molar-refractivity contribution >= 4 is 5.90 Å². The van der Waals surface area contributed by atoms with Crippen LogP contribution in [0.3, 0.4) is 0 Å². The maximum Gasteiger partial charge on any atom is 0.183 e. The molecule has 0 N–H and O–H groups in total. The van der Waals surface area contributed by atoms with Crippen LogP contribution >= 0.6 is 0 Å². The first kappa shape index (κ1) is 12.3. The summed E-state index contributed by atoms with van der Waals surface area (Å²) in [5.74, 6) is 0.988. The Hall–Kier alpha value is -0.790. The molecule has 0 saturated carbocycles. The molecule has 0 saturated heterocycles. The number of aliphatic imine (C=N–C) groups is 1. The molecule has 1 aliphatic heterocycles. The Kier molecular flexibility index (Phi) is 6.97. The number of allylic oxidation sites excluding steroid dienone is 1. The van der Waals surface area contributed by atoms with Gasteiger partial charge in [-0.25, -0.2) is 0 Å². The second-order valence-electron chi connectivity index (χ2n) is 4.07. The smallest absolute Gasteiger partial charge is 0.183 e. The zero-order valence-corrected chi connectivity index (χ0v) is 9.71. The Morgan fingerprint density at radius 3 is 2.53 bits per heavy atom. The second-order valence-corrected chi connectivity index (χ2v) is 4.07. The molecule has 0 spiro atoms. The van der Waals surface area contributed by atoms with E-state index in [0.29, 0.717) is 0 Å². The molecule has 0 fully saturated rings. The maximum absolute atomic E-state index is 5.35. The van der Waals surface area contributed by atoms with Crippen molar-refractivity contribution in [1.29, 1.82) is 0 Å². The predicted molar refractivity (Wildman–Crippen MR) is 65.4 cm³/mol. The first-order chi connectivity index (χ1) is 7.43. The predicted octanol–water partition coefficient (Wildman–Crippen LogP) is 3.72. The molecule has 1 heterocycles. The summed E-state index contributed by atoms with van der Waals surface area (Å²) < 4.78 is 5.35. The fraction of sp³-hybridized carbons (Fsp3) is 0.769. The van der Waals surface area contributed by atoms with Gasteiger partial charge in [-0.3, -0.25) is 4.99 Å². The summed E-state index contributed by atoms with van der Waals surface area (Å²) in [7, 11) is 0. The number of ether oxygens (including phenoxy) is 1. The lowest BCUT2D eigenvalue weighted by molar-refractivity contribution is 0.336. The minimum atomic E-state index is 0.802. The topological polar surface area (TPSA) is 21.6 Å². The van der Waals surface area contributed by atoms with Crippen molar-refractivity contribution in [3.05, 3.63) is 12.7 Å². The average molecular weight is 209 g/mol. The van der Waals surface area contributed by atoms with Crippen LogP contribution in [0.15, 0.2) is 17.6 Å². The summed E-state index contributed by atoms with van der Waals surface area (Å²) in [6.07, 6.45) is 12.2. The summed E-state index contributed by atoms with van der Waals surface area (Å²) in [6, 6.07) is 0. The Bertz CT molecular complexity index is 199. The van der Waals surface area contributed by atoms with Crippen LogP contribution in [0.2, 0.25) is 0 Å². The summed E-state index contributed by atoms with van der Waals surface area (Å²) in [5, 5.41) is 0. The van der Waals surface area contributed by atoms with Crippen LogP contribution in [0, 0.1) is 0 Å². The van der Waals surface area contributed by atoms with Gasteiger partial charge in [-0.1, -0.05) is 31.8 Å². The van der Waals surface area contributed by atoms with Gasteiger partial charge in [0.1, 0.15) is 6.61 Å². The van der Waals surface area contributed by atoms with Gasteiger partial charge in [0.05, 0.1) is 6.54 Å². The van der Waals surface area contributed by atoms with Gasteiger partial charge in [-0.05, 0) is 19.3 Å². The highest BCUT2D eigenvalue weighted by Gasteiger charge is 2.05. The van der Waals surface area contributed by atoms with E-state index >= 15 is 0 Å². The van der Waals surface area contributed by atoms with Gasteiger partial charge >= 0.3 is 0 Å². The highest BCUT2D eigenvalue weighted by Crippen LogP contribution is 2.10. The highest BCUT2D eigenvalue weighted by molar-refractivity contribution is 5.77. The van der Waals surface area contributed by atoms with Crippen LogP contribution in [-0.2, 0) is 4.74 Å². The third-order valence-corrected chi connectivity index (χ3v) is 2.70. The number of nitrogens with zero attached hydrogens (tertiary/aromatic N) is 1. The number of hydrogen-bond acceptors (Lipinski definition) is 2. The van der Waals surface area contributed by atoms with Crippen molar-refractivity contribution in [2.75, 3.05) is 13.2 Å². The maximum atomic E-state index is 5.35. The summed E-state index contributed by atoms with van der Waals surface area (Å²) >= 11 is 0. The van der Waals surface area contributed by atoms with E-state index in [2.05, 4.69) is 11.6 Å². The van der Waals surface area contributed by atoms with E-state index in [9.17, 15) is 0 Å². The van der Waals surface area contributed by atoms with Gasteiger partial charge in [0.25, 0.3) is 0 Å².